The Bertz CT molecular complexity index is 365. The summed E-state index contributed by atoms with van der Waals surface area (Å²) in [5.74, 6) is -0.749. The van der Waals surface area contributed by atoms with Crippen LogP contribution in [0, 0.1) is 6.92 Å². The van der Waals surface area contributed by atoms with Crippen molar-refractivity contribution in [3.05, 3.63) is 21.9 Å². The van der Waals surface area contributed by atoms with Gasteiger partial charge < -0.3 is 9.84 Å². The highest BCUT2D eigenvalue weighted by Gasteiger charge is 2.16. The van der Waals surface area contributed by atoms with E-state index in [9.17, 15) is 4.79 Å². The standard InChI is InChI=1S/C9H10BrNO3/c1-3-14-8-5(2)4-6(10)11-7(8)9(12)13/h4H,3H2,1-2H3,(H,12,13). The van der Waals surface area contributed by atoms with E-state index in [4.69, 9.17) is 9.84 Å². The summed E-state index contributed by atoms with van der Waals surface area (Å²) in [6, 6.07) is 1.72. The number of carbonyl (C=O) groups is 1. The molecule has 0 unspecified atom stereocenters. The van der Waals surface area contributed by atoms with E-state index in [-0.39, 0.29) is 5.69 Å². The molecular formula is C9H10BrNO3. The lowest BCUT2D eigenvalue weighted by Gasteiger charge is -2.09. The van der Waals surface area contributed by atoms with Crippen LogP contribution in [0.3, 0.4) is 0 Å². The normalized spacial score (nSPS) is 9.93. The van der Waals surface area contributed by atoms with Crippen LogP contribution in [0.4, 0.5) is 0 Å². The van der Waals surface area contributed by atoms with Gasteiger partial charge in [0.05, 0.1) is 6.61 Å². The first kappa shape index (κ1) is 11.0. The van der Waals surface area contributed by atoms with Gasteiger partial charge in [0.2, 0.25) is 0 Å². The molecule has 0 aliphatic carbocycles. The largest absolute Gasteiger partial charge is 0.491 e. The zero-order valence-corrected chi connectivity index (χ0v) is 9.46. The molecule has 0 radical (unpaired) electrons. The number of aromatic nitrogens is 1. The van der Waals surface area contributed by atoms with Gasteiger partial charge in [0, 0.05) is 0 Å². The van der Waals surface area contributed by atoms with Crippen LogP contribution in [-0.4, -0.2) is 22.7 Å². The second-order valence-corrected chi connectivity index (χ2v) is 3.49. The molecule has 76 valence electrons. The number of carboxylic acid groups (broad SMARTS) is 1. The van der Waals surface area contributed by atoms with Gasteiger partial charge in [-0.1, -0.05) is 0 Å². The highest BCUT2D eigenvalue weighted by atomic mass is 79.9. The van der Waals surface area contributed by atoms with E-state index in [2.05, 4.69) is 20.9 Å². The Balaban J connectivity index is 3.28. The molecule has 1 N–H and O–H groups in total. The molecule has 0 aromatic carbocycles. The molecule has 0 amide bonds. The van der Waals surface area contributed by atoms with Gasteiger partial charge in [-0.2, -0.15) is 0 Å². The molecule has 5 heteroatoms. The predicted octanol–water partition coefficient (Wildman–Crippen LogP) is 2.25. The molecule has 0 fully saturated rings. The average molecular weight is 260 g/mol. The summed E-state index contributed by atoms with van der Waals surface area (Å²) in [5, 5.41) is 8.88. The van der Waals surface area contributed by atoms with Gasteiger partial charge in [-0.3, -0.25) is 0 Å². The average Bonchev–Trinajstić information content (AvgIpc) is 2.09. The van der Waals surface area contributed by atoms with Crippen LogP contribution in [0.5, 0.6) is 5.75 Å². The molecule has 0 spiro atoms. The van der Waals surface area contributed by atoms with Gasteiger partial charge in [-0.15, -0.1) is 0 Å². The SMILES string of the molecule is CCOc1c(C)cc(Br)nc1C(=O)O. The maximum absolute atomic E-state index is 10.8. The first-order valence-electron chi connectivity index (χ1n) is 4.09. The van der Waals surface area contributed by atoms with Crippen LogP contribution in [0.25, 0.3) is 0 Å². The molecule has 14 heavy (non-hydrogen) atoms. The maximum Gasteiger partial charge on any atom is 0.358 e. The molecule has 1 rings (SSSR count). The lowest BCUT2D eigenvalue weighted by Crippen LogP contribution is -2.07. The lowest BCUT2D eigenvalue weighted by atomic mass is 10.2. The molecule has 0 saturated heterocycles. The van der Waals surface area contributed by atoms with E-state index in [1.165, 1.54) is 0 Å². The number of ether oxygens (including phenoxy) is 1. The summed E-state index contributed by atoms with van der Waals surface area (Å²) in [6.45, 7) is 4.00. The van der Waals surface area contributed by atoms with Crippen LogP contribution < -0.4 is 4.74 Å². The van der Waals surface area contributed by atoms with Gasteiger partial charge in [-0.25, -0.2) is 9.78 Å². The van der Waals surface area contributed by atoms with Crippen molar-refractivity contribution < 1.29 is 14.6 Å². The molecule has 0 saturated carbocycles. The fraction of sp³-hybridized carbons (Fsp3) is 0.333. The van der Waals surface area contributed by atoms with Crippen molar-refractivity contribution in [2.24, 2.45) is 0 Å². The van der Waals surface area contributed by atoms with Crippen LogP contribution >= 0.6 is 15.9 Å². The fourth-order valence-corrected chi connectivity index (χ4v) is 1.61. The number of aromatic carboxylic acids is 1. The fourth-order valence-electron chi connectivity index (χ4n) is 1.09. The van der Waals surface area contributed by atoms with Crippen molar-refractivity contribution in [1.82, 2.24) is 4.98 Å². The zero-order chi connectivity index (χ0) is 10.7. The second kappa shape index (κ2) is 4.41. The van der Waals surface area contributed by atoms with Crippen molar-refractivity contribution in [3.63, 3.8) is 0 Å². The quantitative estimate of drug-likeness (QED) is 0.847. The van der Waals surface area contributed by atoms with Gasteiger partial charge in [-0.05, 0) is 41.4 Å². The van der Waals surface area contributed by atoms with Crippen LogP contribution in [0.1, 0.15) is 23.0 Å². The number of pyridine rings is 1. The van der Waals surface area contributed by atoms with Gasteiger partial charge >= 0.3 is 5.97 Å². The number of halogens is 1. The number of aryl methyl sites for hydroxylation is 1. The summed E-state index contributed by atoms with van der Waals surface area (Å²) < 4.78 is 5.72. The highest BCUT2D eigenvalue weighted by molar-refractivity contribution is 9.10. The molecule has 1 heterocycles. The second-order valence-electron chi connectivity index (χ2n) is 2.68. The monoisotopic (exact) mass is 259 g/mol. The topological polar surface area (TPSA) is 59.4 Å². The summed E-state index contributed by atoms with van der Waals surface area (Å²) >= 11 is 3.14. The summed E-state index contributed by atoms with van der Waals surface area (Å²) in [5.41, 5.74) is 0.699. The Morgan fingerprint density at radius 2 is 2.36 bits per heavy atom. The van der Waals surface area contributed by atoms with Crippen LogP contribution in [0.15, 0.2) is 10.7 Å². The molecule has 0 aliphatic rings. The van der Waals surface area contributed by atoms with E-state index >= 15 is 0 Å². The predicted molar refractivity (Wildman–Crippen MR) is 54.8 cm³/mol. The van der Waals surface area contributed by atoms with Gasteiger partial charge in [0.25, 0.3) is 0 Å². The van der Waals surface area contributed by atoms with E-state index in [1.807, 2.05) is 0 Å². The smallest absolute Gasteiger partial charge is 0.358 e. The number of carboxylic acids is 1. The Kier molecular flexibility index (Phi) is 3.46. The van der Waals surface area contributed by atoms with E-state index in [0.29, 0.717) is 17.0 Å². The lowest BCUT2D eigenvalue weighted by molar-refractivity contribution is 0.0685. The molecule has 1 aromatic heterocycles. The number of hydrogen-bond donors (Lipinski definition) is 1. The minimum atomic E-state index is -1.09. The van der Waals surface area contributed by atoms with Gasteiger partial charge in [0.1, 0.15) is 4.60 Å². The van der Waals surface area contributed by atoms with Crippen molar-refractivity contribution in [2.45, 2.75) is 13.8 Å². The molecule has 1 aromatic rings. The third-order valence-corrected chi connectivity index (χ3v) is 2.02. The summed E-state index contributed by atoms with van der Waals surface area (Å²) in [6.07, 6.45) is 0. The number of nitrogens with zero attached hydrogens (tertiary/aromatic N) is 1. The van der Waals surface area contributed by atoms with Crippen molar-refractivity contribution in [3.8, 4) is 5.75 Å². The Hall–Kier alpha value is -1.10. The third kappa shape index (κ3) is 2.23. The molecule has 4 nitrogen and oxygen atoms in total. The molecule has 0 aliphatic heterocycles. The van der Waals surface area contributed by atoms with E-state index < -0.39 is 5.97 Å². The first-order valence-corrected chi connectivity index (χ1v) is 4.88. The Labute approximate surface area is 90.0 Å². The minimum absolute atomic E-state index is 0.0567. The van der Waals surface area contributed by atoms with Crippen molar-refractivity contribution >= 4 is 21.9 Å². The first-order chi connectivity index (χ1) is 6.56. The van der Waals surface area contributed by atoms with Crippen LogP contribution in [0.2, 0.25) is 0 Å². The Morgan fingerprint density at radius 1 is 1.71 bits per heavy atom. The maximum atomic E-state index is 10.8. The number of rotatable bonds is 3. The van der Waals surface area contributed by atoms with Gasteiger partial charge in [0.15, 0.2) is 11.4 Å². The molecular weight excluding hydrogens is 250 g/mol. The van der Waals surface area contributed by atoms with Crippen molar-refractivity contribution in [2.75, 3.05) is 6.61 Å². The summed E-state index contributed by atoms with van der Waals surface area (Å²) in [7, 11) is 0. The Morgan fingerprint density at radius 3 is 2.86 bits per heavy atom. The number of hydrogen-bond acceptors (Lipinski definition) is 3. The summed E-state index contributed by atoms with van der Waals surface area (Å²) in [4.78, 5) is 14.7. The minimum Gasteiger partial charge on any atom is -0.491 e. The van der Waals surface area contributed by atoms with E-state index in [1.54, 1.807) is 19.9 Å². The zero-order valence-electron chi connectivity index (χ0n) is 7.87. The highest BCUT2D eigenvalue weighted by Crippen LogP contribution is 2.25. The molecule has 0 bridgehead atoms. The third-order valence-electron chi connectivity index (χ3n) is 1.62. The molecule has 0 atom stereocenters. The van der Waals surface area contributed by atoms with Crippen molar-refractivity contribution in [1.29, 1.82) is 0 Å². The van der Waals surface area contributed by atoms with E-state index in [0.717, 1.165) is 5.56 Å². The van der Waals surface area contributed by atoms with Crippen LogP contribution in [-0.2, 0) is 0 Å².